The molecular weight excluding hydrogens is 564 g/mol. The van der Waals surface area contributed by atoms with E-state index in [2.05, 4.69) is 63.1 Å². The standard InChI is InChI=1S/C34H25ClN4O2S/c1-22-12-18-28(19-13-22)39-29(23-8-4-2-5-9-23)20-26(31(39)24-10-6-3-7-11-24)21-30(33(40)41)42-34-36-32(37-38-34)25-14-16-27(35)17-15-25/h2-21H,1H3,(H,40,41)(H,36,37,38)/b30-21-. The van der Waals surface area contributed by atoms with Gasteiger partial charge in [-0.25, -0.2) is 9.78 Å². The maximum absolute atomic E-state index is 12.6. The third-order valence-corrected chi connectivity index (χ3v) is 7.85. The molecule has 2 N–H and O–H groups in total. The second-order valence-corrected chi connectivity index (χ2v) is 11.1. The number of aryl methyl sites for hydroxylation is 1. The van der Waals surface area contributed by atoms with Crippen LogP contribution in [-0.4, -0.2) is 30.8 Å². The first kappa shape index (κ1) is 27.3. The van der Waals surface area contributed by atoms with Gasteiger partial charge in [-0.05, 0) is 78.4 Å². The molecule has 6 aromatic rings. The van der Waals surface area contributed by atoms with Crippen LogP contribution in [0.2, 0.25) is 5.02 Å². The highest BCUT2D eigenvalue weighted by atomic mass is 35.5. The Balaban J connectivity index is 1.50. The molecule has 0 aliphatic rings. The van der Waals surface area contributed by atoms with E-state index in [4.69, 9.17) is 11.6 Å². The number of hydrogen-bond acceptors (Lipinski definition) is 4. The maximum atomic E-state index is 12.6. The summed E-state index contributed by atoms with van der Waals surface area (Å²) in [5.41, 5.74) is 7.49. The Morgan fingerprint density at radius 3 is 2.14 bits per heavy atom. The van der Waals surface area contributed by atoms with Crippen molar-refractivity contribution in [2.45, 2.75) is 12.1 Å². The quantitative estimate of drug-likeness (QED) is 0.137. The number of hydrogen-bond donors (Lipinski definition) is 2. The highest BCUT2D eigenvalue weighted by Crippen LogP contribution is 2.38. The van der Waals surface area contributed by atoms with Crippen molar-refractivity contribution < 1.29 is 9.90 Å². The van der Waals surface area contributed by atoms with Crippen LogP contribution in [0.5, 0.6) is 0 Å². The zero-order chi connectivity index (χ0) is 29.1. The van der Waals surface area contributed by atoms with Crippen LogP contribution < -0.4 is 0 Å². The topological polar surface area (TPSA) is 83.8 Å². The first-order valence-corrected chi connectivity index (χ1v) is 14.4. The summed E-state index contributed by atoms with van der Waals surface area (Å²) in [5, 5.41) is 18.4. The molecule has 0 aliphatic heterocycles. The largest absolute Gasteiger partial charge is 0.477 e. The van der Waals surface area contributed by atoms with Crippen LogP contribution >= 0.6 is 23.4 Å². The zero-order valence-corrected chi connectivity index (χ0v) is 24.1. The molecule has 0 aliphatic carbocycles. The Labute approximate surface area is 252 Å². The van der Waals surface area contributed by atoms with Crippen molar-refractivity contribution in [3.8, 4) is 39.6 Å². The molecule has 0 fully saturated rings. The molecule has 4 aromatic carbocycles. The number of benzene rings is 4. The molecule has 2 aromatic heterocycles. The molecule has 2 heterocycles. The Hall–Kier alpha value is -4.85. The number of thioether (sulfide) groups is 1. The summed E-state index contributed by atoms with van der Waals surface area (Å²) in [6.07, 6.45) is 1.71. The Morgan fingerprint density at radius 2 is 1.50 bits per heavy atom. The van der Waals surface area contributed by atoms with Gasteiger partial charge in [-0.15, -0.1) is 0 Å². The van der Waals surface area contributed by atoms with Gasteiger partial charge >= 0.3 is 5.97 Å². The first-order chi connectivity index (χ1) is 20.5. The van der Waals surface area contributed by atoms with Gasteiger partial charge in [-0.1, -0.05) is 90.0 Å². The van der Waals surface area contributed by atoms with Gasteiger partial charge in [0, 0.05) is 21.8 Å². The van der Waals surface area contributed by atoms with Crippen molar-refractivity contribution >= 4 is 35.4 Å². The molecule has 0 saturated carbocycles. The average Bonchev–Trinajstić information content (AvgIpc) is 3.63. The molecule has 6 rings (SSSR count). The van der Waals surface area contributed by atoms with E-state index in [9.17, 15) is 9.90 Å². The Morgan fingerprint density at radius 1 is 0.857 bits per heavy atom. The second-order valence-electron chi connectivity index (χ2n) is 9.62. The molecule has 8 heteroatoms. The number of nitrogens with one attached hydrogen (secondary N) is 1. The van der Waals surface area contributed by atoms with Gasteiger partial charge in [0.15, 0.2) is 11.0 Å². The normalized spacial score (nSPS) is 11.5. The number of H-pyrrole nitrogens is 1. The van der Waals surface area contributed by atoms with Gasteiger partial charge in [0.1, 0.15) is 4.91 Å². The van der Waals surface area contributed by atoms with Gasteiger partial charge < -0.3 is 9.67 Å². The molecule has 0 bridgehead atoms. The summed E-state index contributed by atoms with van der Waals surface area (Å²) in [6, 6.07) is 37.6. The van der Waals surface area contributed by atoms with Crippen LogP contribution in [0.1, 0.15) is 11.1 Å². The van der Waals surface area contributed by atoms with Crippen molar-refractivity contribution in [1.82, 2.24) is 19.7 Å². The SMILES string of the molecule is Cc1ccc(-n2c(-c3ccccc3)cc(/C=C(\Sc3nc(-c4ccc(Cl)cc4)n[nH]3)C(=O)O)c2-c2ccccc2)cc1. The fourth-order valence-electron chi connectivity index (χ4n) is 4.72. The van der Waals surface area contributed by atoms with Gasteiger partial charge in [-0.2, -0.15) is 5.10 Å². The Kier molecular flexibility index (Phi) is 7.77. The number of aliphatic carboxylic acids is 1. The molecule has 0 spiro atoms. The number of halogens is 1. The highest BCUT2D eigenvalue weighted by Gasteiger charge is 2.21. The third-order valence-electron chi connectivity index (χ3n) is 6.71. The lowest BCUT2D eigenvalue weighted by atomic mass is 10.1. The molecule has 0 unspecified atom stereocenters. The monoisotopic (exact) mass is 588 g/mol. The number of nitrogens with zero attached hydrogens (tertiary/aromatic N) is 3. The molecule has 0 saturated heterocycles. The average molecular weight is 589 g/mol. The molecule has 6 nitrogen and oxygen atoms in total. The molecule has 0 radical (unpaired) electrons. The summed E-state index contributed by atoms with van der Waals surface area (Å²) >= 11 is 7.03. The summed E-state index contributed by atoms with van der Waals surface area (Å²) in [6.45, 7) is 2.06. The van der Waals surface area contributed by atoms with E-state index in [1.807, 2.05) is 66.7 Å². The van der Waals surface area contributed by atoms with Gasteiger partial charge in [-0.3, -0.25) is 5.10 Å². The van der Waals surface area contributed by atoms with Gasteiger partial charge in [0.05, 0.1) is 11.4 Å². The van der Waals surface area contributed by atoms with E-state index in [0.29, 0.717) is 16.0 Å². The minimum Gasteiger partial charge on any atom is -0.477 e. The maximum Gasteiger partial charge on any atom is 0.342 e. The minimum atomic E-state index is -1.06. The molecule has 0 amide bonds. The lowest BCUT2D eigenvalue weighted by Crippen LogP contribution is -2.01. The van der Waals surface area contributed by atoms with Crippen LogP contribution in [0.3, 0.4) is 0 Å². The van der Waals surface area contributed by atoms with E-state index < -0.39 is 5.97 Å². The molecular formula is C34H25ClN4O2S. The number of carboxylic acid groups (broad SMARTS) is 1. The first-order valence-electron chi connectivity index (χ1n) is 13.2. The Bertz CT molecular complexity index is 1880. The van der Waals surface area contributed by atoms with E-state index >= 15 is 0 Å². The van der Waals surface area contributed by atoms with Gasteiger partial charge in [0.2, 0.25) is 0 Å². The summed E-state index contributed by atoms with van der Waals surface area (Å²) in [4.78, 5) is 17.2. The minimum absolute atomic E-state index is 0.103. The summed E-state index contributed by atoms with van der Waals surface area (Å²) < 4.78 is 2.19. The van der Waals surface area contributed by atoms with E-state index in [-0.39, 0.29) is 4.91 Å². The molecule has 42 heavy (non-hydrogen) atoms. The van der Waals surface area contributed by atoms with Crippen LogP contribution in [-0.2, 0) is 4.79 Å². The zero-order valence-electron chi connectivity index (χ0n) is 22.5. The van der Waals surface area contributed by atoms with E-state index in [1.54, 1.807) is 18.2 Å². The van der Waals surface area contributed by atoms with Crippen molar-refractivity contribution in [2.24, 2.45) is 0 Å². The van der Waals surface area contributed by atoms with E-state index in [0.717, 1.165) is 56.7 Å². The van der Waals surface area contributed by atoms with Crippen molar-refractivity contribution in [3.05, 3.63) is 136 Å². The fraction of sp³-hybridized carbons (Fsp3) is 0.0294. The highest BCUT2D eigenvalue weighted by molar-refractivity contribution is 8.04. The number of carbonyl (C=O) groups is 1. The van der Waals surface area contributed by atoms with Crippen LogP contribution in [0.4, 0.5) is 0 Å². The van der Waals surface area contributed by atoms with Crippen molar-refractivity contribution in [2.75, 3.05) is 0 Å². The fourth-order valence-corrected chi connectivity index (χ4v) is 5.55. The van der Waals surface area contributed by atoms with Crippen molar-refractivity contribution in [3.63, 3.8) is 0 Å². The number of rotatable bonds is 8. The van der Waals surface area contributed by atoms with Crippen molar-refractivity contribution in [1.29, 1.82) is 0 Å². The smallest absolute Gasteiger partial charge is 0.342 e. The van der Waals surface area contributed by atoms with Crippen LogP contribution in [0.15, 0.2) is 125 Å². The predicted molar refractivity (Wildman–Crippen MR) is 170 cm³/mol. The number of carboxylic acids is 1. The summed E-state index contributed by atoms with van der Waals surface area (Å²) in [5.74, 6) is -0.603. The third kappa shape index (κ3) is 5.79. The molecule has 206 valence electrons. The number of aromatic amines is 1. The lowest BCUT2D eigenvalue weighted by molar-refractivity contribution is -0.131. The number of aromatic nitrogens is 4. The van der Waals surface area contributed by atoms with Crippen LogP contribution in [0, 0.1) is 6.92 Å². The predicted octanol–water partition coefficient (Wildman–Crippen LogP) is 8.78. The van der Waals surface area contributed by atoms with E-state index in [1.165, 1.54) is 0 Å². The lowest BCUT2D eigenvalue weighted by Gasteiger charge is -2.15. The van der Waals surface area contributed by atoms with Crippen LogP contribution in [0.25, 0.3) is 45.7 Å². The summed E-state index contributed by atoms with van der Waals surface area (Å²) in [7, 11) is 0. The van der Waals surface area contributed by atoms with Gasteiger partial charge in [0.25, 0.3) is 0 Å². The molecule has 0 atom stereocenters. The second kappa shape index (κ2) is 11.9.